The predicted molar refractivity (Wildman–Crippen MR) is 77.3 cm³/mol. The Bertz CT molecular complexity index is 554. The molecule has 0 radical (unpaired) electrons. The summed E-state index contributed by atoms with van der Waals surface area (Å²) in [6.07, 6.45) is -0.0133. The Hall–Kier alpha value is -2.07. The number of nitriles is 1. The molecule has 2 amide bonds. The normalized spacial score (nSPS) is 11.2. The zero-order chi connectivity index (χ0) is 15.1. The molecule has 1 aromatic rings. The summed E-state index contributed by atoms with van der Waals surface area (Å²) >= 11 is 3.26. The molecular weight excluding hydrogens is 326 g/mol. The largest absolute Gasteiger partial charge is 0.481 e. The van der Waals surface area contributed by atoms with Crippen molar-refractivity contribution in [3.8, 4) is 6.07 Å². The molecule has 7 heteroatoms. The molecule has 106 valence electrons. The number of urea groups is 1. The van der Waals surface area contributed by atoms with E-state index in [1.165, 1.54) is 0 Å². The summed E-state index contributed by atoms with van der Waals surface area (Å²) in [5.74, 6) is -1.07. The number of nitrogens with zero attached hydrogens (tertiary/aromatic N) is 1. The van der Waals surface area contributed by atoms with E-state index in [1.54, 1.807) is 25.1 Å². The van der Waals surface area contributed by atoms with Gasteiger partial charge in [-0.1, -0.05) is 22.9 Å². The van der Waals surface area contributed by atoms with E-state index in [-0.39, 0.29) is 18.9 Å². The van der Waals surface area contributed by atoms with Crippen LogP contribution in [0.5, 0.6) is 0 Å². The summed E-state index contributed by atoms with van der Waals surface area (Å²) in [4.78, 5) is 22.2. The second-order valence-electron chi connectivity index (χ2n) is 4.34. The van der Waals surface area contributed by atoms with Gasteiger partial charge in [-0.3, -0.25) is 4.79 Å². The van der Waals surface area contributed by atoms with Crippen LogP contribution in [0.25, 0.3) is 0 Å². The average Bonchev–Trinajstić information content (AvgIpc) is 2.36. The number of benzene rings is 1. The zero-order valence-corrected chi connectivity index (χ0v) is 12.4. The highest BCUT2D eigenvalue weighted by molar-refractivity contribution is 9.10. The second kappa shape index (κ2) is 7.50. The number of hydrogen-bond donors (Lipinski definition) is 3. The Morgan fingerprint density at radius 3 is 2.80 bits per heavy atom. The molecule has 0 fully saturated rings. The van der Waals surface area contributed by atoms with Gasteiger partial charge in [0.2, 0.25) is 0 Å². The van der Waals surface area contributed by atoms with E-state index in [0.29, 0.717) is 11.3 Å². The van der Waals surface area contributed by atoms with Crippen molar-refractivity contribution >= 4 is 33.6 Å². The minimum atomic E-state index is -0.904. The molecule has 0 aliphatic heterocycles. The summed E-state index contributed by atoms with van der Waals surface area (Å²) in [5.41, 5.74) is 0.743. The molecular formula is C13H14BrN3O3. The van der Waals surface area contributed by atoms with Crippen molar-refractivity contribution in [3.05, 3.63) is 28.2 Å². The molecule has 1 unspecified atom stereocenters. The third kappa shape index (κ3) is 5.28. The lowest BCUT2D eigenvalue weighted by atomic mass is 10.1. The standard InChI is InChI=1S/C13H14BrN3O3/c1-8(4-12(18)19)7-16-13(20)17-11-5-10(14)3-2-9(11)6-15/h2-3,5,8H,4,7H2,1H3,(H,18,19)(H2,16,17,20). The molecule has 0 aromatic heterocycles. The summed E-state index contributed by atoms with van der Waals surface area (Å²) < 4.78 is 0.742. The number of anilines is 1. The molecule has 0 aliphatic carbocycles. The first kappa shape index (κ1) is 16.0. The van der Waals surface area contributed by atoms with Crippen molar-refractivity contribution in [2.24, 2.45) is 5.92 Å². The Morgan fingerprint density at radius 1 is 1.50 bits per heavy atom. The van der Waals surface area contributed by atoms with Gasteiger partial charge < -0.3 is 15.7 Å². The van der Waals surface area contributed by atoms with Gasteiger partial charge in [0.05, 0.1) is 11.3 Å². The lowest BCUT2D eigenvalue weighted by molar-refractivity contribution is -0.137. The maximum Gasteiger partial charge on any atom is 0.319 e. The monoisotopic (exact) mass is 339 g/mol. The Kier molecular flexibility index (Phi) is 6.00. The zero-order valence-electron chi connectivity index (χ0n) is 10.8. The van der Waals surface area contributed by atoms with Gasteiger partial charge in [-0.05, 0) is 24.1 Å². The lowest BCUT2D eigenvalue weighted by Gasteiger charge is -2.12. The number of carboxylic acids is 1. The van der Waals surface area contributed by atoms with Crippen molar-refractivity contribution in [2.45, 2.75) is 13.3 Å². The Morgan fingerprint density at radius 2 is 2.20 bits per heavy atom. The third-order valence-electron chi connectivity index (χ3n) is 2.48. The van der Waals surface area contributed by atoms with Gasteiger partial charge in [0.1, 0.15) is 6.07 Å². The summed E-state index contributed by atoms with van der Waals surface area (Å²) in [7, 11) is 0. The molecule has 20 heavy (non-hydrogen) atoms. The van der Waals surface area contributed by atoms with Gasteiger partial charge in [-0.15, -0.1) is 0 Å². The van der Waals surface area contributed by atoms with Crippen LogP contribution >= 0.6 is 15.9 Å². The predicted octanol–water partition coefficient (Wildman–Crippen LogP) is 2.55. The second-order valence-corrected chi connectivity index (χ2v) is 5.26. The molecule has 0 saturated heterocycles. The number of halogens is 1. The molecule has 1 atom stereocenters. The summed E-state index contributed by atoms with van der Waals surface area (Å²) in [6, 6.07) is 6.42. The molecule has 0 saturated carbocycles. The van der Waals surface area contributed by atoms with Crippen LogP contribution in [0, 0.1) is 17.2 Å². The molecule has 0 heterocycles. The fourth-order valence-corrected chi connectivity index (χ4v) is 1.88. The maximum absolute atomic E-state index is 11.7. The number of nitrogens with one attached hydrogen (secondary N) is 2. The summed E-state index contributed by atoms with van der Waals surface area (Å²) in [5, 5.41) is 22.7. The number of amides is 2. The number of carboxylic acid groups (broad SMARTS) is 1. The lowest BCUT2D eigenvalue weighted by Crippen LogP contribution is -2.33. The van der Waals surface area contributed by atoms with Crippen LogP contribution in [0.3, 0.4) is 0 Å². The maximum atomic E-state index is 11.7. The number of hydrogen-bond acceptors (Lipinski definition) is 3. The Balaban J connectivity index is 2.57. The minimum absolute atomic E-state index is 0.0133. The highest BCUT2D eigenvalue weighted by Crippen LogP contribution is 2.20. The smallest absolute Gasteiger partial charge is 0.319 e. The van der Waals surface area contributed by atoms with Gasteiger partial charge >= 0.3 is 12.0 Å². The first-order valence-corrected chi connectivity index (χ1v) is 6.68. The molecule has 0 spiro atoms. The van der Waals surface area contributed by atoms with Gasteiger partial charge in [0.15, 0.2) is 0 Å². The fraction of sp³-hybridized carbons (Fsp3) is 0.308. The van der Waals surface area contributed by atoms with Crippen molar-refractivity contribution in [3.63, 3.8) is 0 Å². The van der Waals surface area contributed by atoms with Crippen LogP contribution in [-0.4, -0.2) is 23.7 Å². The van der Waals surface area contributed by atoms with Crippen molar-refractivity contribution < 1.29 is 14.7 Å². The molecule has 3 N–H and O–H groups in total. The van der Waals surface area contributed by atoms with E-state index in [2.05, 4.69) is 26.6 Å². The van der Waals surface area contributed by atoms with Crippen molar-refractivity contribution in [2.75, 3.05) is 11.9 Å². The Labute approximate surface area is 124 Å². The van der Waals surface area contributed by atoms with E-state index in [9.17, 15) is 9.59 Å². The number of rotatable bonds is 5. The van der Waals surface area contributed by atoms with Crippen LogP contribution in [-0.2, 0) is 4.79 Å². The first-order chi connectivity index (χ1) is 9.42. The van der Waals surface area contributed by atoms with Crippen LogP contribution < -0.4 is 10.6 Å². The highest BCUT2D eigenvalue weighted by Gasteiger charge is 2.11. The number of aliphatic carboxylic acids is 1. The van der Waals surface area contributed by atoms with Crippen LogP contribution in [0.1, 0.15) is 18.9 Å². The molecule has 1 rings (SSSR count). The van der Waals surface area contributed by atoms with Gasteiger partial charge in [0, 0.05) is 17.4 Å². The molecule has 1 aromatic carbocycles. The van der Waals surface area contributed by atoms with E-state index in [0.717, 1.165) is 4.47 Å². The summed E-state index contributed by atoms with van der Waals surface area (Å²) in [6.45, 7) is 1.97. The van der Waals surface area contributed by atoms with Crippen LogP contribution in [0.4, 0.5) is 10.5 Å². The molecule has 0 bridgehead atoms. The van der Waals surface area contributed by atoms with E-state index < -0.39 is 12.0 Å². The topological polar surface area (TPSA) is 102 Å². The number of carbonyl (C=O) groups excluding carboxylic acids is 1. The quantitative estimate of drug-likeness (QED) is 0.766. The van der Waals surface area contributed by atoms with E-state index in [4.69, 9.17) is 10.4 Å². The number of carbonyl (C=O) groups is 2. The van der Waals surface area contributed by atoms with Crippen molar-refractivity contribution in [1.29, 1.82) is 5.26 Å². The fourth-order valence-electron chi connectivity index (χ4n) is 1.52. The van der Waals surface area contributed by atoms with Crippen molar-refractivity contribution in [1.82, 2.24) is 5.32 Å². The SMILES string of the molecule is CC(CNC(=O)Nc1cc(Br)ccc1C#N)CC(=O)O. The van der Waals surface area contributed by atoms with Gasteiger partial charge in [-0.25, -0.2) is 4.79 Å². The van der Waals surface area contributed by atoms with Crippen LogP contribution in [0.2, 0.25) is 0 Å². The van der Waals surface area contributed by atoms with Gasteiger partial charge in [0.25, 0.3) is 0 Å². The molecule has 0 aliphatic rings. The van der Waals surface area contributed by atoms with Crippen LogP contribution in [0.15, 0.2) is 22.7 Å². The minimum Gasteiger partial charge on any atom is -0.481 e. The van der Waals surface area contributed by atoms with E-state index >= 15 is 0 Å². The average molecular weight is 340 g/mol. The van der Waals surface area contributed by atoms with Gasteiger partial charge in [-0.2, -0.15) is 5.26 Å². The third-order valence-corrected chi connectivity index (χ3v) is 2.98. The van der Waals surface area contributed by atoms with E-state index in [1.807, 2.05) is 6.07 Å². The molecule has 6 nitrogen and oxygen atoms in total. The first-order valence-electron chi connectivity index (χ1n) is 5.88. The highest BCUT2D eigenvalue weighted by atomic mass is 79.9.